The van der Waals surface area contributed by atoms with Crippen molar-refractivity contribution in [2.75, 3.05) is 7.11 Å². The largest absolute Gasteiger partial charge is 0.503 e. The summed E-state index contributed by atoms with van der Waals surface area (Å²) in [4.78, 5) is 28.4. The number of benzene rings is 3. The maximum Gasteiger partial charge on any atom is 0.290 e. The minimum Gasteiger partial charge on any atom is -0.503 e. The molecule has 5 rings (SSSR count). The Balaban J connectivity index is 1.65. The van der Waals surface area contributed by atoms with Crippen molar-refractivity contribution < 1.29 is 29.0 Å². The Hall–Kier alpha value is -4.04. The minimum absolute atomic E-state index is 0.0110. The third-order valence-corrected chi connectivity index (χ3v) is 6.58. The van der Waals surface area contributed by atoms with E-state index in [2.05, 4.69) is 15.9 Å². The van der Waals surface area contributed by atoms with Gasteiger partial charge in [-0.25, -0.2) is 0 Å². The van der Waals surface area contributed by atoms with Crippen molar-refractivity contribution in [2.24, 2.45) is 0 Å². The fourth-order valence-electron chi connectivity index (χ4n) is 4.31. The SMILES string of the molecule is COc1cc(C2C(C(=O)c3cc4ccccc4o3)=C(O)C(=O)N2Cc2ccccc2)cc(Br)c1O. The number of para-hydroxylation sites is 1. The van der Waals surface area contributed by atoms with Crippen LogP contribution in [0.4, 0.5) is 0 Å². The quantitative estimate of drug-likeness (QED) is 0.309. The van der Waals surface area contributed by atoms with Gasteiger partial charge in [-0.15, -0.1) is 0 Å². The molecule has 2 N–H and O–H groups in total. The van der Waals surface area contributed by atoms with Crippen LogP contribution in [-0.2, 0) is 11.3 Å². The summed E-state index contributed by atoms with van der Waals surface area (Å²) in [5, 5.41) is 22.0. The van der Waals surface area contributed by atoms with E-state index in [1.54, 1.807) is 30.3 Å². The van der Waals surface area contributed by atoms with E-state index in [0.29, 0.717) is 15.6 Å². The van der Waals surface area contributed by atoms with Crippen LogP contribution in [0.1, 0.15) is 27.7 Å². The van der Waals surface area contributed by atoms with Gasteiger partial charge in [-0.05, 0) is 51.3 Å². The van der Waals surface area contributed by atoms with E-state index in [1.165, 1.54) is 12.0 Å². The molecule has 176 valence electrons. The van der Waals surface area contributed by atoms with Gasteiger partial charge in [0.2, 0.25) is 5.78 Å². The molecule has 4 aromatic rings. The van der Waals surface area contributed by atoms with Gasteiger partial charge < -0.3 is 24.3 Å². The number of nitrogens with zero attached hydrogens (tertiary/aromatic N) is 1. The number of furan rings is 1. The first-order chi connectivity index (χ1) is 16.9. The van der Waals surface area contributed by atoms with Crippen molar-refractivity contribution in [1.29, 1.82) is 0 Å². The van der Waals surface area contributed by atoms with Gasteiger partial charge >= 0.3 is 0 Å². The maximum atomic E-state index is 13.7. The highest BCUT2D eigenvalue weighted by Crippen LogP contribution is 2.45. The zero-order valence-corrected chi connectivity index (χ0v) is 20.2. The molecule has 0 spiro atoms. The molecule has 0 saturated heterocycles. The predicted molar refractivity (Wildman–Crippen MR) is 132 cm³/mol. The van der Waals surface area contributed by atoms with E-state index < -0.39 is 23.5 Å². The van der Waals surface area contributed by atoms with Gasteiger partial charge in [0.05, 0.1) is 23.2 Å². The van der Waals surface area contributed by atoms with E-state index in [4.69, 9.17) is 9.15 Å². The van der Waals surface area contributed by atoms with Crippen LogP contribution in [0.25, 0.3) is 11.0 Å². The van der Waals surface area contributed by atoms with E-state index in [9.17, 15) is 19.8 Å². The molecular weight excluding hydrogens is 514 g/mol. The van der Waals surface area contributed by atoms with Gasteiger partial charge in [0, 0.05) is 11.9 Å². The lowest BCUT2D eigenvalue weighted by Gasteiger charge is -2.27. The number of ether oxygens (including phenoxy) is 1. The van der Waals surface area contributed by atoms with Gasteiger partial charge in [-0.3, -0.25) is 9.59 Å². The minimum atomic E-state index is -0.950. The van der Waals surface area contributed by atoms with Crippen LogP contribution in [0.2, 0.25) is 0 Å². The molecule has 1 unspecified atom stereocenters. The molecule has 1 atom stereocenters. The number of hydrogen-bond acceptors (Lipinski definition) is 6. The molecule has 0 bridgehead atoms. The number of aromatic hydroxyl groups is 1. The highest BCUT2D eigenvalue weighted by Gasteiger charge is 2.45. The van der Waals surface area contributed by atoms with Crippen LogP contribution in [0, 0.1) is 0 Å². The smallest absolute Gasteiger partial charge is 0.290 e. The summed E-state index contributed by atoms with van der Waals surface area (Å²) in [6.07, 6.45) is 0. The summed E-state index contributed by atoms with van der Waals surface area (Å²) in [6, 6.07) is 20.2. The summed E-state index contributed by atoms with van der Waals surface area (Å²) in [7, 11) is 1.40. The first kappa shape index (κ1) is 22.7. The standard InChI is InChI=1S/C27H20BrNO6/c1-34-20-13-17(11-18(28)24(20)30)23-22(25(31)21-12-16-9-5-6-10-19(16)35-21)26(32)27(33)29(23)14-15-7-3-2-4-8-15/h2-13,23,30,32H,14H2,1H3. The molecule has 3 aromatic carbocycles. The number of carbonyl (C=O) groups is 2. The zero-order chi connectivity index (χ0) is 24.7. The van der Waals surface area contributed by atoms with Crippen molar-refractivity contribution >= 4 is 38.6 Å². The van der Waals surface area contributed by atoms with Crippen LogP contribution < -0.4 is 4.74 Å². The molecular formula is C27H20BrNO6. The second-order valence-corrected chi connectivity index (χ2v) is 8.97. The van der Waals surface area contributed by atoms with Crippen molar-refractivity contribution in [3.05, 3.63) is 105 Å². The number of ketones is 1. The topological polar surface area (TPSA) is 100 Å². The van der Waals surface area contributed by atoms with Crippen LogP contribution in [0.3, 0.4) is 0 Å². The summed E-state index contributed by atoms with van der Waals surface area (Å²) in [5.41, 5.74) is 1.71. The van der Waals surface area contributed by atoms with E-state index in [0.717, 1.165) is 10.9 Å². The molecule has 0 radical (unpaired) electrons. The van der Waals surface area contributed by atoms with Gasteiger partial charge in [0.15, 0.2) is 23.0 Å². The number of carbonyl (C=O) groups excluding carboxylic acids is 2. The van der Waals surface area contributed by atoms with Crippen molar-refractivity contribution in [3.63, 3.8) is 0 Å². The molecule has 1 aliphatic rings. The van der Waals surface area contributed by atoms with Crippen molar-refractivity contribution in [1.82, 2.24) is 4.90 Å². The van der Waals surface area contributed by atoms with Crippen molar-refractivity contribution in [2.45, 2.75) is 12.6 Å². The third kappa shape index (κ3) is 3.95. The molecule has 1 amide bonds. The van der Waals surface area contributed by atoms with Gasteiger partial charge in [-0.1, -0.05) is 48.5 Å². The number of rotatable bonds is 6. The lowest BCUT2D eigenvalue weighted by atomic mass is 9.94. The Morgan fingerprint density at radius 3 is 2.49 bits per heavy atom. The second kappa shape index (κ2) is 8.96. The monoisotopic (exact) mass is 533 g/mol. The molecule has 0 fully saturated rings. The fourth-order valence-corrected chi connectivity index (χ4v) is 4.77. The summed E-state index contributed by atoms with van der Waals surface area (Å²) in [5.74, 6) is -1.87. The molecule has 8 heteroatoms. The zero-order valence-electron chi connectivity index (χ0n) is 18.6. The highest BCUT2D eigenvalue weighted by molar-refractivity contribution is 9.10. The molecule has 0 aliphatic carbocycles. The van der Waals surface area contributed by atoms with E-state index in [1.807, 2.05) is 42.5 Å². The number of phenolic OH excluding ortho intramolecular Hbond substituents is 1. The lowest BCUT2D eigenvalue weighted by Crippen LogP contribution is -2.30. The average molecular weight is 534 g/mol. The Morgan fingerprint density at radius 1 is 1.06 bits per heavy atom. The van der Waals surface area contributed by atoms with Crippen LogP contribution in [-0.4, -0.2) is 33.9 Å². The molecule has 1 aliphatic heterocycles. The molecule has 7 nitrogen and oxygen atoms in total. The number of aliphatic hydroxyl groups is 1. The molecule has 0 saturated carbocycles. The molecule has 1 aromatic heterocycles. The van der Waals surface area contributed by atoms with Crippen LogP contribution in [0.5, 0.6) is 11.5 Å². The fraction of sp³-hybridized carbons (Fsp3) is 0.111. The molecule has 35 heavy (non-hydrogen) atoms. The second-order valence-electron chi connectivity index (χ2n) is 8.11. The Kier molecular flexibility index (Phi) is 5.82. The number of methoxy groups -OCH3 is 1. The lowest BCUT2D eigenvalue weighted by molar-refractivity contribution is -0.130. The Bertz CT molecular complexity index is 1460. The first-order valence-corrected chi connectivity index (χ1v) is 11.6. The Labute approximate surface area is 209 Å². The van der Waals surface area contributed by atoms with E-state index >= 15 is 0 Å². The summed E-state index contributed by atoms with van der Waals surface area (Å²) in [6.45, 7) is 0.145. The maximum absolute atomic E-state index is 13.7. The van der Waals surface area contributed by atoms with Crippen molar-refractivity contribution in [3.8, 4) is 11.5 Å². The summed E-state index contributed by atoms with van der Waals surface area (Å²) >= 11 is 3.31. The third-order valence-electron chi connectivity index (χ3n) is 5.98. The summed E-state index contributed by atoms with van der Waals surface area (Å²) < 4.78 is 11.4. The number of hydrogen-bond donors (Lipinski definition) is 2. The first-order valence-electron chi connectivity index (χ1n) is 10.8. The molecule has 2 heterocycles. The number of fused-ring (bicyclic) bond motifs is 1. The van der Waals surface area contributed by atoms with E-state index in [-0.39, 0.29) is 29.4 Å². The number of aliphatic hydroxyl groups excluding tert-OH is 1. The number of phenols is 1. The number of amides is 1. The number of halogens is 1. The predicted octanol–water partition coefficient (Wildman–Crippen LogP) is 5.69. The van der Waals surface area contributed by atoms with Gasteiger partial charge in [0.25, 0.3) is 5.91 Å². The van der Waals surface area contributed by atoms with Gasteiger partial charge in [-0.2, -0.15) is 0 Å². The average Bonchev–Trinajstić information content (AvgIpc) is 3.41. The van der Waals surface area contributed by atoms with Crippen LogP contribution >= 0.6 is 15.9 Å². The Morgan fingerprint density at radius 2 is 1.77 bits per heavy atom. The highest BCUT2D eigenvalue weighted by atomic mass is 79.9. The number of Topliss-reactive ketones (excluding diaryl/α,β-unsaturated/α-hetero) is 1. The van der Waals surface area contributed by atoms with Crippen LogP contribution in [0.15, 0.2) is 93.0 Å². The van der Waals surface area contributed by atoms with Gasteiger partial charge in [0.1, 0.15) is 5.58 Å². The normalized spacial score (nSPS) is 15.8.